The van der Waals surface area contributed by atoms with Crippen LogP contribution in [0.4, 0.5) is 5.69 Å². The van der Waals surface area contributed by atoms with Crippen molar-refractivity contribution in [3.8, 4) is 10.6 Å². The predicted molar refractivity (Wildman–Crippen MR) is 121 cm³/mol. The van der Waals surface area contributed by atoms with Crippen LogP contribution in [0, 0.1) is 20.8 Å². The number of nitrogens with zero attached hydrogens (tertiary/aromatic N) is 1. The van der Waals surface area contributed by atoms with Gasteiger partial charge in [-0.3, -0.25) is 4.79 Å². The molecule has 4 rings (SSSR count). The number of nitrogens with one attached hydrogen (secondary N) is 1. The standard InChI is InChI=1S/C23H19BrN2OS/c1-13-9-15(3)22-17(10-13)18(12-20(26-22)21-5-4-8-28-21)23(27)25-16-6-7-19(24)14(2)11-16/h4-12H,1-3H3,(H,25,27). The number of anilines is 1. The Morgan fingerprint density at radius 2 is 1.86 bits per heavy atom. The molecule has 140 valence electrons. The lowest BCUT2D eigenvalue weighted by Gasteiger charge is -2.13. The van der Waals surface area contributed by atoms with Crippen LogP contribution in [0.1, 0.15) is 27.0 Å². The average molecular weight is 451 g/mol. The molecule has 1 N–H and O–H groups in total. The molecule has 0 atom stereocenters. The van der Waals surface area contributed by atoms with E-state index in [2.05, 4.69) is 27.3 Å². The number of aryl methyl sites for hydroxylation is 3. The fourth-order valence-corrected chi connectivity index (χ4v) is 4.27. The van der Waals surface area contributed by atoms with Crippen molar-refractivity contribution in [2.45, 2.75) is 20.8 Å². The zero-order valence-electron chi connectivity index (χ0n) is 15.8. The van der Waals surface area contributed by atoms with E-state index in [4.69, 9.17) is 4.98 Å². The molecule has 0 spiro atoms. The van der Waals surface area contributed by atoms with Crippen molar-refractivity contribution in [1.29, 1.82) is 0 Å². The maximum Gasteiger partial charge on any atom is 0.256 e. The first-order valence-electron chi connectivity index (χ1n) is 8.96. The third kappa shape index (κ3) is 3.60. The summed E-state index contributed by atoms with van der Waals surface area (Å²) in [7, 11) is 0. The van der Waals surface area contributed by atoms with E-state index in [9.17, 15) is 4.79 Å². The van der Waals surface area contributed by atoms with Crippen LogP contribution < -0.4 is 5.32 Å². The number of halogens is 1. The molecule has 0 radical (unpaired) electrons. The van der Waals surface area contributed by atoms with E-state index in [-0.39, 0.29) is 5.91 Å². The summed E-state index contributed by atoms with van der Waals surface area (Å²) in [6, 6.07) is 15.9. The van der Waals surface area contributed by atoms with Gasteiger partial charge in [0.15, 0.2) is 0 Å². The van der Waals surface area contributed by atoms with Gasteiger partial charge in [-0.15, -0.1) is 11.3 Å². The summed E-state index contributed by atoms with van der Waals surface area (Å²) in [5, 5.41) is 5.95. The van der Waals surface area contributed by atoms with E-state index in [1.165, 1.54) is 0 Å². The zero-order valence-corrected chi connectivity index (χ0v) is 18.2. The van der Waals surface area contributed by atoms with Gasteiger partial charge in [0.1, 0.15) is 0 Å². The second kappa shape index (κ2) is 7.49. The van der Waals surface area contributed by atoms with Crippen LogP contribution in [-0.2, 0) is 0 Å². The zero-order chi connectivity index (χ0) is 19.8. The molecule has 0 aliphatic carbocycles. The molecule has 0 saturated carbocycles. The average Bonchev–Trinajstić information content (AvgIpc) is 3.19. The van der Waals surface area contributed by atoms with Crippen molar-refractivity contribution in [1.82, 2.24) is 4.98 Å². The molecular weight excluding hydrogens is 432 g/mol. The van der Waals surface area contributed by atoms with E-state index in [0.717, 1.165) is 48.3 Å². The Morgan fingerprint density at radius 1 is 1.04 bits per heavy atom. The first kappa shape index (κ1) is 18.8. The monoisotopic (exact) mass is 450 g/mol. The number of thiophene rings is 1. The fourth-order valence-electron chi connectivity index (χ4n) is 3.34. The molecule has 2 heterocycles. The van der Waals surface area contributed by atoms with Gasteiger partial charge in [-0.25, -0.2) is 4.98 Å². The van der Waals surface area contributed by atoms with Crippen LogP contribution in [0.5, 0.6) is 0 Å². The highest BCUT2D eigenvalue weighted by atomic mass is 79.9. The van der Waals surface area contributed by atoms with Gasteiger partial charge in [0.2, 0.25) is 0 Å². The first-order valence-corrected chi connectivity index (χ1v) is 10.6. The Kier molecular flexibility index (Phi) is 5.04. The number of benzene rings is 2. The molecule has 0 saturated heterocycles. The minimum atomic E-state index is -0.128. The Balaban J connectivity index is 1.86. The smallest absolute Gasteiger partial charge is 0.256 e. The predicted octanol–water partition coefficient (Wildman–Crippen LogP) is 6.90. The van der Waals surface area contributed by atoms with Gasteiger partial charge in [0, 0.05) is 15.5 Å². The number of hydrogen-bond donors (Lipinski definition) is 1. The highest BCUT2D eigenvalue weighted by Gasteiger charge is 2.16. The summed E-state index contributed by atoms with van der Waals surface area (Å²) < 4.78 is 1.02. The molecule has 2 aromatic heterocycles. The molecule has 2 aromatic carbocycles. The van der Waals surface area contributed by atoms with E-state index in [1.807, 2.05) is 68.6 Å². The maximum absolute atomic E-state index is 13.2. The van der Waals surface area contributed by atoms with Gasteiger partial charge in [0.25, 0.3) is 5.91 Å². The Morgan fingerprint density at radius 3 is 2.57 bits per heavy atom. The van der Waals surface area contributed by atoms with Gasteiger partial charge in [0.05, 0.1) is 21.7 Å². The molecular formula is C23H19BrN2OS. The largest absolute Gasteiger partial charge is 0.322 e. The lowest BCUT2D eigenvalue weighted by Crippen LogP contribution is -2.13. The van der Waals surface area contributed by atoms with E-state index in [0.29, 0.717) is 5.56 Å². The van der Waals surface area contributed by atoms with Crippen molar-refractivity contribution in [3.63, 3.8) is 0 Å². The molecule has 3 nitrogen and oxygen atoms in total. The molecule has 1 amide bonds. The Hall–Kier alpha value is -2.50. The molecule has 0 aliphatic rings. The number of pyridine rings is 1. The third-order valence-corrected chi connectivity index (χ3v) is 6.46. The number of fused-ring (bicyclic) bond motifs is 1. The summed E-state index contributed by atoms with van der Waals surface area (Å²) >= 11 is 5.12. The molecule has 0 fully saturated rings. The van der Waals surface area contributed by atoms with Crippen LogP contribution in [0.3, 0.4) is 0 Å². The summed E-state index contributed by atoms with van der Waals surface area (Å²) in [5.74, 6) is -0.128. The number of amides is 1. The van der Waals surface area contributed by atoms with Gasteiger partial charge >= 0.3 is 0 Å². The number of carbonyl (C=O) groups excluding carboxylic acids is 1. The maximum atomic E-state index is 13.2. The van der Waals surface area contributed by atoms with Crippen molar-refractivity contribution >= 4 is 49.8 Å². The van der Waals surface area contributed by atoms with Crippen molar-refractivity contribution in [2.24, 2.45) is 0 Å². The quantitative estimate of drug-likeness (QED) is 0.368. The van der Waals surface area contributed by atoms with E-state index >= 15 is 0 Å². The third-order valence-electron chi connectivity index (χ3n) is 4.68. The second-order valence-corrected chi connectivity index (χ2v) is 8.73. The SMILES string of the molecule is Cc1cc(C)c2nc(-c3cccs3)cc(C(=O)Nc3ccc(Br)c(C)c3)c2c1. The summed E-state index contributed by atoms with van der Waals surface area (Å²) in [5.41, 5.74) is 6.37. The van der Waals surface area contributed by atoms with Gasteiger partial charge in [-0.2, -0.15) is 0 Å². The van der Waals surface area contributed by atoms with Gasteiger partial charge in [-0.05, 0) is 73.7 Å². The summed E-state index contributed by atoms with van der Waals surface area (Å²) in [6.45, 7) is 6.09. The minimum Gasteiger partial charge on any atom is -0.322 e. The lowest BCUT2D eigenvalue weighted by molar-refractivity contribution is 0.102. The fraction of sp³-hybridized carbons (Fsp3) is 0.130. The molecule has 0 bridgehead atoms. The van der Waals surface area contributed by atoms with Crippen LogP contribution in [-0.4, -0.2) is 10.9 Å². The molecule has 28 heavy (non-hydrogen) atoms. The first-order chi connectivity index (χ1) is 13.4. The van der Waals surface area contributed by atoms with E-state index < -0.39 is 0 Å². The topological polar surface area (TPSA) is 42.0 Å². The highest BCUT2D eigenvalue weighted by molar-refractivity contribution is 9.10. The second-order valence-electron chi connectivity index (χ2n) is 6.93. The Bertz CT molecular complexity index is 1200. The van der Waals surface area contributed by atoms with Crippen molar-refractivity contribution < 1.29 is 4.79 Å². The number of rotatable bonds is 3. The van der Waals surface area contributed by atoms with Crippen LogP contribution in [0.2, 0.25) is 0 Å². The van der Waals surface area contributed by atoms with Crippen LogP contribution in [0.25, 0.3) is 21.5 Å². The minimum absolute atomic E-state index is 0.128. The summed E-state index contributed by atoms with van der Waals surface area (Å²) in [6.07, 6.45) is 0. The molecule has 4 aromatic rings. The van der Waals surface area contributed by atoms with E-state index in [1.54, 1.807) is 11.3 Å². The summed E-state index contributed by atoms with van der Waals surface area (Å²) in [4.78, 5) is 19.1. The van der Waals surface area contributed by atoms with Crippen LogP contribution in [0.15, 0.2) is 58.4 Å². The van der Waals surface area contributed by atoms with Crippen LogP contribution >= 0.6 is 27.3 Å². The van der Waals surface area contributed by atoms with Gasteiger partial charge in [-0.1, -0.05) is 33.6 Å². The van der Waals surface area contributed by atoms with Crippen molar-refractivity contribution in [3.05, 3.63) is 80.6 Å². The highest BCUT2D eigenvalue weighted by Crippen LogP contribution is 2.31. The molecule has 0 unspecified atom stereocenters. The lowest BCUT2D eigenvalue weighted by atomic mass is 10.0. The molecule has 0 aliphatic heterocycles. The van der Waals surface area contributed by atoms with Gasteiger partial charge < -0.3 is 5.32 Å². The number of aromatic nitrogens is 1. The van der Waals surface area contributed by atoms with Crippen molar-refractivity contribution in [2.75, 3.05) is 5.32 Å². The molecule has 5 heteroatoms. The number of carbonyl (C=O) groups is 1. The Labute approximate surface area is 176 Å². The normalized spacial score (nSPS) is 11.0. The number of hydrogen-bond acceptors (Lipinski definition) is 3.